The molecule has 2 heterocycles. The van der Waals surface area contributed by atoms with E-state index in [1.54, 1.807) is 6.92 Å². The molecule has 0 saturated carbocycles. The van der Waals surface area contributed by atoms with Crippen LogP contribution in [0.1, 0.15) is 39.0 Å². The molecular formula is C16H27N3O4. The second-order valence-corrected chi connectivity index (χ2v) is 6.21. The van der Waals surface area contributed by atoms with Crippen LogP contribution in [0.2, 0.25) is 0 Å². The number of piperidine rings is 1. The maximum atomic E-state index is 12.1. The number of carbonyl (C=O) groups is 3. The molecule has 2 amide bonds. The van der Waals surface area contributed by atoms with Crippen molar-refractivity contribution in [1.82, 2.24) is 15.5 Å². The molecule has 0 aromatic carbocycles. The smallest absolute Gasteiger partial charge is 0.309 e. The molecule has 2 rings (SSSR count). The maximum Gasteiger partial charge on any atom is 0.309 e. The standard InChI is InChI=1S/C16H27N3O4/c1-2-23-16(22)12-6-9-19(10-7-12)11-14(20)18-13-5-3-4-8-17-15(13)21/h12-13H,2-11H2,1H3,(H,17,21)(H,18,20)/t13-/m1/s1. The van der Waals surface area contributed by atoms with Gasteiger partial charge in [-0.2, -0.15) is 0 Å². The molecule has 130 valence electrons. The van der Waals surface area contributed by atoms with E-state index in [0.717, 1.165) is 25.7 Å². The molecule has 2 fully saturated rings. The highest BCUT2D eigenvalue weighted by molar-refractivity contribution is 5.88. The summed E-state index contributed by atoms with van der Waals surface area (Å²) in [6, 6.07) is -0.415. The van der Waals surface area contributed by atoms with Gasteiger partial charge in [-0.1, -0.05) is 0 Å². The number of carbonyl (C=O) groups excluding carboxylic acids is 3. The first-order chi connectivity index (χ1) is 11.1. The number of hydrogen-bond donors (Lipinski definition) is 2. The van der Waals surface area contributed by atoms with E-state index in [9.17, 15) is 14.4 Å². The number of ether oxygens (including phenoxy) is 1. The van der Waals surface area contributed by atoms with Gasteiger partial charge >= 0.3 is 5.97 Å². The van der Waals surface area contributed by atoms with Crippen molar-refractivity contribution < 1.29 is 19.1 Å². The molecule has 2 aliphatic heterocycles. The minimum absolute atomic E-state index is 0.0538. The first-order valence-corrected chi connectivity index (χ1v) is 8.56. The van der Waals surface area contributed by atoms with Crippen LogP contribution in [0.4, 0.5) is 0 Å². The van der Waals surface area contributed by atoms with Gasteiger partial charge in [0.05, 0.1) is 19.1 Å². The van der Waals surface area contributed by atoms with E-state index in [1.165, 1.54) is 0 Å². The third-order valence-electron chi connectivity index (χ3n) is 4.45. The van der Waals surface area contributed by atoms with Gasteiger partial charge in [0, 0.05) is 6.54 Å². The predicted octanol–water partition coefficient (Wildman–Crippen LogP) is 0.0464. The molecule has 0 aliphatic carbocycles. The quantitative estimate of drug-likeness (QED) is 0.697. The predicted molar refractivity (Wildman–Crippen MR) is 84.6 cm³/mol. The van der Waals surface area contributed by atoms with Crippen LogP contribution >= 0.6 is 0 Å². The third kappa shape index (κ3) is 5.49. The zero-order valence-electron chi connectivity index (χ0n) is 13.8. The normalized spacial score (nSPS) is 23.7. The lowest BCUT2D eigenvalue weighted by atomic mass is 9.97. The van der Waals surface area contributed by atoms with Gasteiger partial charge < -0.3 is 15.4 Å². The first kappa shape index (κ1) is 17.7. The van der Waals surface area contributed by atoms with Gasteiger partial charge in [0.15, 0.2) is 0 Å². The van der Waals surface area contributed by atoms with E-state index in [-0.39, 0.29) is 30.2 Å². The Bertz CT molecular complexity index is 433. The van der Waals surface area contributed by atoms with Crippen molar-refractivity contribution in [3.05, 3.63) is 0 Å². The minimum Gasteiger partial charge on any atom is -0.466 e. The van der Waals surface area contributed by atoms with Gasteiger partial charge in [-0.15, -0.1) is 0 Å². The van der Waals surface area contributed by atoms with Crippen molar-refractivity contribution >= 4 is 17.8 Å². The molecule has 7 nitrogen and oxygen atoms in total. The summed E-state index contributed by atoms with van der Waals surface area (Å²) in [6.45, 7) is 4.58. The summed E-state index contributed by atoms with van der Waals surface area (Å²) in [6.07, 6.45) is 4.03. The Kier molecular flexibility index (Phi) is 6.83. The summed E-state index contributed by atoms with van der Waals surface area (Å²) in [5, 5.41) is 5.64. The molecule has 0 radical (unpaired) electrons. The summed E-state index contributed by atoms with van der Waals surface area (Å²) in [5.41, 5.74) is 0. The lowest BCUT2D eigenvalue weighted by molar-refractivity contribution is -0.149. The summed E-state index contributed by atoms with van der Waals surface area (Å²) in [7, 11) is 0. The fourth-order valence-electron chi connectivity index (χ4n) is 3.11. The molecule has 2 aliphatic rings. The fraction of sp³-hybridized carbons (Fsp3) is 0.812. The molecule has 1 atom stereocenters. The number of rotatable bonds is 5. The average molecular weight is 325 g/mol. The van der Waals surface area contributed by atoms with Crippen LogP contribution in [0, 0.1) is 5.92 Å². The Morgan fingerprint density at radius 1 is 1.26 bits per heavy atom. The number of amides is 2. The zero-order valence-corrected chi connectivity index (χ0v) is 13.8. The Morgan fingerprint density at radius 2 is 2.00 bits per heavy atom. The number of hydrogen-bond acceptors (Lipinski definition) is 5. The van der Waals surface area contributed by atoms with Crippen LogP contribution in [-0.4, -0.2) is 61.5 Å². The highest BCUT2D eigenvalue weighted by Gasteiger charge is 2.28. The second-order valence-electron chi connectivity index (χ2n) is 6.21. The number of esters is 1. The molecule has 0 unspecified atom stereocenters. The number of likely N-dealkylation sites (tertiary alicyclic amines) is 1. The number of nitrogens with zero attached hydrogens (tertiary/aromatic N) is 1. The minimum atomic E-state index is -0.415. The van der Waals surface area contributed by atoms with Crippen LogP contribution in [0.5, 0.6) is 0 Å². The van der Waals surface area contributed by atoms with Crippen molar-refractivity contribution in [2.75, 3.05) is 32.8 Å². The molecule has 0 aromatic heterocycles. The molecule has 0 aromatic rings. The third-order valence-corrected chi connectivity index (χ3v) is 4.45. The van der Waals surface area contributed by atoms with Gasteiger partial charge in [0.1, 0.15) is 6.04 Å². The molecule has 7 heteroatoms. The SMILES string of the molecule is CCOC(=O)C1CCN(CC(=O)N[C@@H]2CCCCNC2=O)CC1. The van der Waals surface area contributed by atoms with E-state index >= 15 is 0 Å². The molecule has 2 saturated heterocycles. The van der Waals surface area contributed by atoms with E-state index in [0.29, 0.717) is 32.7 Å². The monoisotopic (exact) mass is 325 g/mol. The van der Waals surface area contributed by atoms with E-state index in [2.05, 4.69) is 10.6 Å². The second kappa shape index (κ2) is 8.86. The summed E-state index contributed by atoms with van der Waals surface area (Å²) < 4.78 is 5.04. The van der Waals surface area contributed by atoms with Crippen molar-refractivity contribution in [2.24, 2.45) is 5.92 Å². The topological polar surface area (TPSA) is 87.7 Å². The zero-order chi connectivity index (χ0) is 16.7. The van der Waals surface area contributed by atoms with Crippen molar-refractivity contribution in [3.8, 4) is 0 Å². The summed E-state index contributed by atoms with van der Waals surface area (Å²) in [4.78, 5) is 37.7. The van der Waals surface area contributed by atoms with Crippen LogP contribution in [-0.2, 0) is 19.1 Å². The first-order valence-electron chi connectivity index (χ1n) is 8.56. The van der Waals surface area contributed by atoms with Crippen LogP contribution in [0.15, 0.2) is 0 Å². The van der Waals surface area contributed by atoms with E-state index < -0.39 is 6.04 Å². The van der Waals surface area contributed by atoms with Crippen LogP contribution < -0.4 is 10.6 Å². The number of nitrogens with one attached hydrogen (secondary N) is 2. The highest BCUT2D eigenvalue weighted by Crippen LogP contribution is 2.18. The summed E-state index contributed by atoms with van der Waals surface area (Å²) >= 11 is 0. The lowest BCUT2D eigenvalue weighted by Gasteiger charge is -2.30. The van der Waals surface area contributed by atoms with Crippen molar-refractivity contribution in [3.63, 3.8) is 0 Å². The Balaban J connectivity index is 1.72. The van der Waals surface area contributed by atoms with E-state index in [4.69, 9.17) is 4.74 Å². The Morgan fingerprint density at radius 3 is 2.70 bits per heavy atom. The highest BCUT2D eigenvalue weighted by atomic mass is 16.5. The molecule has 0 bridgehead atoms. The molecule has 2 N–H and O–H groups in total. The van der Waals surface area contributed by atoms with Crippen LogP contribution in [0.25, 0.3) is 0 Å². The lowest BCUT2D eigenvalue weighted by Crippen LogP contribution is -2.49. The van der Waals surface area contributed by atoms with Gasteiger partial charge in [0.25, 0.3) is 0 Å². The average Bonchev–Trinajstić information content (AvgIpc) is 2.73. The van der Waals surface area contributed by atoms with Gasteiger partial charge in [-0.25, -0.2) is 0 Å². The largest absolute Gasteiger partial charge is 0.466 e. The molecule has 0 spiro atoms. The molecule has 23 heavy (non-hydrogen) atoms. The van der Waals surface area contributed by atoms with Crippen molar-refractivity contribution in [2.45, 2.75) is 45.1 Å². The fourth-order valence-corrected chi connectivity index (χ4v) is 3.11. The Labute approximate surface area is 137 Å². The van der Waals surface area contributed by atoms with Gasteiger partial charge in [-0.3, -0.25) is 19.3 Å². The summed E-state index contributed by atoms with van der Waals surface area (Å²) in [5.74, 6) is -0.396. The maximum absolute atomic E-state index is 12.1. The van der Waals surface area contributed by atoms with Gasteiger partial charge in [-0.05, 0) is 52.1 Å². The Hall–Kier alpha value is -1.63. The van der Waals surface area contributed by atoms with E-state index in [1.807, 2.05) is 4.90 Å². The van der Waals surface area contributed by atoms with Gasteiger partial charge in [0.2, 0.25) is 11.8 Å². The molecular weight excluding hydrogens is 298 g/mol. The van der Waals surface area contributed by atoms with Crippen LogP contribution in [0.3, 0.4) is 0 Å². The van der Waals surface area contributed by atoms with Crippen molar-refractivity contribution in [1.29, 1.82) is 0 Å².